The second-order valence-electron chi connectivity index (χ2n) is 2.67. The summed E-state index contributed by atoms with van der Waals surface area (Å²) in [7, 11) is -3.66. The first-order valence-corrected chi connectivity index (χ1v) is 5.57. The molecule has 0 aliphatic carbocycles. The number of fused-ring (bicyclic) bond motifs is 1. The number of rotatable bonds is 0. The molecule has 1 aliphatic rings. The summed E-state index contributed by atoms with van der Waals surface area (Å²) in [5.74, 6) is -1.20. The summed E-state index contributed by atoms with van der Waals surface area (Å²) in [4.78, 5) is 18.1. The molecule has 8 heteroatoms. The molecule has 1 amide bonds. The van der Waals surface area contributed by atoms with Gasteiger partial charge in [-0.25, -0.2) is 18.4 Å². The Morgan fingerprint density at radius 1 is 1.50 bits per heavy atom. The maximum absolute atomic E-state index is 11.4. The molecule has 2 rings (SSSR count). The van der Waals surface area contributed by atoms with Crippen LogP contribution in [0.1, 0.15) is 0 Å². The Kier molecular flexibility index (Phi) is 1.93. The molecule has 1 aliphatic heterocycles. The number of carbonyl (C=O) groups is 1. The van der Waals surface area contributed by atoms with E-state index in [-0.39, 0.29) is 16.0 Å². The van der Waals surface area contributed by atoms with Crippen molar-refractivity contribution >= 4 is 33.0 Å². The van der Waals surface area contributed by atoms with Crippen LogP contribution in [0.2, 0.25) is 5.28 Å². The number of aromatic nitrogens is 2. The van der Waals surface area contributed by atoms with E-state index in [0.29, 0.717) is 0 Å². The molecule has 0 radical (unpaired) electrons. The summed E-state index contributed by atoms with van der Waals surface area (Å²) >= 11 is 5.44. The van der Waals surface area contributed by atoms with Crippen molar-refractivity contribution in [3.8, 4) is 0 Å². The summed E-state index contributed by atoms with van der Waals surface area (Å²) in [5.41, 5.74) is 0.0747. The molecular formula is C6H4ClN3O3S. The standard InChI is InChI=1S/C6H4ClN3O3S/c7-6-8-1-3-5(10-6)14(12,13)2-4(11)9-3/h1H,2H2,(H,9,11). The van der Waals surface area contributed by atoms with Crippen molar-refractivity contribution in [3.05, 3.63) is 11.5 Å². The summed E-state index contributed by atoms with van der Waals surface area (Å²) in [5, 5.41) is 1.95. The van der Waals surface area contributed by atoms with Crippen molar-refractivity contribution in [2.24, 2.45) is 0 Å². The zero-order valence-electron chi connectivity index (χ0n) is 6.69. The second kappa shape index (κ2) is 2.89. The number of halogens is 1. The lowest BCUT2D eigenvalue weighted by molar-refractivity contribution is -0.114. The molecule has 0 aromatic carbocycles. The van der Waals surface area contributed by atoms with Gasteiger partial charge in [-0.3, -0.25) is 4.79 Å². The highest BCUT2D eigenvalue weighted by Crippen LogP contribution is 2.24. The van der Waals surface area contributed by atoms with Gasteiger partial charge >= 0.3 is 0 Å². The molecule has 2 heterocycles. The Labute approximate surface area is 84.2 Å². The summed E-state index contributed by atoms with van der Waals surface area (Å²) in [6.07, 6.45) is 1.17. The molecule has 0 spiro atoms. The van der Waals surface area contributed by atoms with E-state index in [9.17, 15) is 13.2 Å². The lowest BCUT2D eigenvalue weighted by Gasteiger charge is -2.14. The SMILES string of the molecule is O=C1CS(=O)(=O)c2nc(Cl)ncc2N1. The van der Waals surface area contributed by atoms with Crippen LogP contribution in [0.3, 0.4) is 0 Å². The van der Waals surface area contributed by atoms with Crippen LogP contribution < -0.4 is 5.32 Å². The largest absolute Gasteiger partial charge is 0.321 e. The van der Waals surface area contributed by atoms with Crippen LogP contribution in [0.4, 0.5) is 5.69 Å². The molecule has 1 aromatic rings. The fourth-order valence-electron chi connectivity index (χ4n) is 1.10. The van der Waals surface area contributed by atoms with Gasteiger partial charge in [-0.15, -0.1) is 0 Å². The number of hydrogen-bond donors (Lipinski definition) is 1. The van der Waals surface area contributed by atoms with E-state index in [1.165, 1.54) is 6.20 Å². The van der Waals surface area contributed by atoms with Gasteiger partial charge in [0.25, 0.3) is 0 Å². The average Bonchev–Trinajstić information content (AvgIpc) is 2.05. The van der Waals surface area contributed by atoms with Gasteiger partial charge in [-0.2, -0.15) is 0 Å². The minimum absolute atomic E-state index is 0.0747. The van der Waals surface area contributed by atoms with Crippen molar-refractivity contribution in [2.75, 3.05) is 11.1 Å². The topological polar surface area (TPSA) is 89.0 Å². The molecule has 6 nitrogen and oxygen atoms in total. The number of anilines is 1. The highest BCUT2D eigenvalue weighted by molar-refractivity contribution is 7.92. The van der Waals surface area contributed by atoms with E-state index >= 15 is 0 Å². The molecule has 0 atom stereocenters. The zero-order chi connectivity index (χ0) is 10.3. The lowest BCUT2D eigenvalue weighted by atomic mass is 10.5. The van der Waals surface area contributed by atoms with E-state index in [1.54, 1.807) is 0 Å². The molecule has 14 heavy (non-hydrogen) atoms. The first kappa shape index (κ1) is 9.35. The Morgan fingerprint density at radius 2 is 2.21 bits per heavy atom. The van der Waals surface area contributed by atoms with Crippen molar-refractivity contribution < 1.29 is 13.2 Å². The van der Waals surface area contributed by atoms with E-state index in [4.69, 9.17) is 11.6 Å². The average molecular weight is 234 g/mol. The maximum atomic E-state index is 11.4. The molecule has 0 bridgehead atoms. The monoisotopic (exact) mass is 233 g/mol. The normalized spacial score (nSPS) is 18.5. The summed E-state index contributed by atoms with van der Waals surface area (Å²) in [6, 6.07) is 0. The third-order valence-electron chi connectivity index (χ3n) is 1.61. The Bertz CT molecular complexity index is 513. The van der Waals surface area contributed by atoms with Gasteiger partial charge in [-0.1, -0.05) is 0 Å². The van der Waals surface area contributed by atoms with Gasteiger partial charge in [0.05, 0.1) is 11.9 Å². The van der Waals surface area contributed by atoms with Gasteiger partial charge in [0.1, 0.15) is 5.75 Å². The van der Waals surface area contributed by atoms with Crippen LogP contribution in [0.25, 0.3) is 0 Å². The minimum atomic E-state index is -3.66. The van der Waals surface area contributed by atoms with E-state index in [1.807, 2.05) is 0 Å². The fraction of sp³-hybridized carbons (Fsp3) is 0.167. The maximum Gasteiger partial charge on any atom is 0.240 e. The second-order valence-corrected chi connectivity index (χ2v) is 4.91. The number of hydrogen-bond acceptors (Lipinski definition) is 5. The van der Waals surface area contributed by atoms with E-state index in [2.05, 4.69) is 15.3 Å². The molecule has 1 N–H and O–H groups in total. The summed E-state index contributed by atoms with van der Waals surface area (Å²) < 4.78 is 22.9. The van der Waals surface area contributed by atoms with Gasteiger partial charge in [0.15, 0.2) is 5.03 Å². The predicted molar refractivity (Wildman–Crippen MR) is 47.7 cm³/mol. The van der Waals surface area contributed by atoms with E-state index < -0.39 is 21.5 Å². The minimum Gasteiger partial charge on any atom is -0.321 e. The first-order chi connectivity index (χ1) is 6.49. The molecule has 0 unspecified atom stereocenters. The van der Waals surface area contributed by atoms with Gasteiger partial charge < -0.3 is 5.32 Å². The highest BCUT2D eigenvalue weighted by atomic mass is 35.5. The Morgan fingerprint density at radius 3 is 2.93 bits per heavy atom. The zero-order valence-corrected chi connectivity index (χ0v) is 8.26. The van der Waals surface area contributed by atoms with Gasteiger partial charge in [-0.05, 0) is 11.6 Å². The van der Waals surface area contributed by atoms with Crippen molar-refractivity contribution in [2.45, 2.75) is 5.03 Å². The third kappa shape index (κ3) is 1.44. The Balaban J connectivity index is 2.71. The number of nitrogens with zero attached hydrogens (tertiary/aromatic N) is 2. The first-order valence-electron chi connectivity index (χ1n) is 3.54. The van der Waals surface area contributed by atoms with Crippen LogP contribution in [-0.2, 0) is 14.6 Å². The van der Waals surface area contributed by atoms with Crippen molar-refractivity contribution in [3.63, 3.8) is 0 Å². The van der Waals surface area contributed by atoms with Crippen LogP contribution in [0.5, 0.6) is 0 Å². The Hall–Kier alpha value is -1.21. The van der Waals surface area contributed by atoms with E-state index in [0.717, 1.165) is 0 Å². The van der Waals surface area contributed by atoms with Crippen LogP contribution >= 0.6 is 11.6 Å². The quantitative estimate of drug-likeness (QED) is 0.498. The molecule has 74 valence electrons. The summed E-state index contributed by atoms with van der Waals surface area (Å²) in [6.45, 7) is 0. The lowest BCUT2D eigenvalue weighted by Crippen LogP contribution is -2.30. The van der Waals surface area contributed by atoms with Crippen molar-refractivity contribution in [1.29, 1.82) is 0 Å². The fourth-order valence-corrected chi connectivity index (χ4v) is 2.50. The third-order valence-corrected chi connectivity index (χ3v) is 3.34. The van der Waals surface area contributed by atoms with Crippen LogP contribution in [0, 0.1) is 0 Å². The highest BCUT2D eigenvalue weighted by Gasteiger charge is 2.30. The smallest absolute Gasteiger partial charge is 0.240 e. The van der Waals surface area contributed by atoms with Crippen molar-refractivity contribution in [1.82, 2.24) is 9.97 Å². The molecule has 0 saturated heterocycles. The molecule has 0 fully saturated rings. The van der Waals surface area contributed by atoms with Crippen LogP contribution in [-0.4, -0.2) is 30.0 Å². The van der Waals surface area contributed by atoms with Gasteiger partial charge in [0, 0.05) is 0 Å². The molecular weight excluding hydrogens is 230 g/mol. The number of nitrogens with one attached hydrogen (secondary N) is 1. The molecule has 0 saturated carbocycles. The number of carbonyl (C=O) groups excluding carboxylic acids is 1. The van der Waals surface area contributed by atoms with Crippen LogP contribution in [0.15, 0.2) is 11.2 Å². The number of sulfone groups is 1. The molecule has 1 aromatic heterocycles. The van der Waals surface area contributed by atoms with Gasteiger partial charge in [0.2, 0.25) is 21.0 Å². The number of amides is 1. The predicted octanol–water partition coefficient (Wildman–Crippen LogP) is -0.144.